The molecule has 0 spiro atoms. The summed E-state index contributed by atoms with van der Waals surface area (Å²) in [7, 11) is 1.53. The minimum Gasteiger partial charge on any atom is -0.493 e. The Labute approximate surface area is 236 Å². The summed E-state index contributed by atoms with van der Waals surface area (Å²) in [5.41, 5.74) is 2.14. The largest absolute Gasteiger partial charge is 0.493 e. The zero-order valence-electron chi connectivity index (χ0n) is 20.1. The quantitative estimate of drug-likeness (QED) is 0.261. The van der Waals surface area contributed by atoms with Crippen LogP contribution in [-0.4, -0.2) is 42.4 Å². The van der Waals surface area contributed by atoms with Crippen molar-refractivity contribution in [1.82, 2.24) is 4.90 Å². The minimum absolute atomic E-state index is 0.116. The summed E-state index contributed by atoms with van der Waals surface area (Å²) in [6, 6.07) is 18.2. The fourth-order valence-electron chi connectivity index (χ4n) is 3.74. The average molecular weight is 644 g/mol. The van der Waals surface area contributed by atoms with Gasteiger partial charge in [-0.2, -0.15) is 0 Å². The number of carbonyl (C=O) groups is 3. The van der Waals surface area contributed by atoms with Gasteiger partial charge in [0.05, 0.1) is 12.0 Å². The first kappa shape index (κ1) is 25.9. The lowest BCUT2D eigenvalue weighted by Gasteiger charge is -2.13. The summed E-state index contributed by atoms with van der Waals surface area (Å²) in [5, 5.41) is 2.15. The molecule has 9 nitrogen and oxygen atoms in total. The number of thioether (sulfide) groups is 1. The second-order valence-electron chi connectivity index (χ2n) is 8.21. The van der Waals surface area contributed by atoms with Crippen LogP contribution in [0.2, 0.25) is 0 Å². The van der Waals surface area contributed by atoms with Gasteiger partial charge in [-0.15, -0.1) is 0 Å². The highest BCUT2D eigenvalue weighted by Gasteiger charge is 2.36. The molecule has 0 aliphatic carbocycles. The van der Waals surface area contributed by atoms with Crippen molar-refractivity contribution in [3.05, 3.63) is 80.3 Å². The van der Waals surface area contributed by atoms with Crippen LogP contribution in [0, 0.1) is 3.57 Å². The number of fused-ring (bicyclic) bond motifs is 1. The van der Waals surface area contributed by atoms with Crippen molar-refractivity contribution in [3.8, 4) is 23.0 Å². The Hall–Kier alpha value is -3.71. The lowest BCUT2D eigenvalue weighted by atomic mass is 10.1. The highest BCUT2D eigenvalue weighted by atomic mass is 127. The first-order valence-electron chi connectivity index (χ1n) is 11.4. The number of rotatable bonds is 8. The molecule has 2 heterocycles. The number of ether oxygens (including phenoxy) is 4. The van der Waals surface area contributed by atoms with Crippen LogP contribution in [0.3, 0.4) is 0 Å². The van der Waals surface area contributed by atoms with Crippen LogP contribution in [0.1, 0.15) is 11.1 Å². The zero-order valence-corrected chi connectivity index (χ0v) is 23.0. The van der Waals surface area contributed by atoms with E-state index in [1.807, 2.05) is 24.3 Å². The first-order chi connectivity index (χ1) is 18.4. The van der Waals surface area contributed by atoms with Crippen LogP contribution in [0.5, 0.6) is 23.0 Å². The van der Waals surface area contributed by atoms with Crippen molar-refractivity contribution in [3.63, 3.8) is 0 Å². The predicted octanol–water partition coefficient (Wildman–Crippen LogP) is 5.28. The number of halogens is 1. The molecular weight excluding hydrogens is 623 g/mol. The van der Waals surface area contributed by atoms with Crippen LogP contribution in [-0.2, 0) is 16.2 Å². The van der Waals surface area contributed by atoms with Crippen molar-refractivity contribution in [2.45, 2.75) is 6.61 Å². The number of amides is 3. The van der Waals surface area contributed by atoms with E-state index < -0.39 is 23.6 Å². The van der Waals surface area contributed by atoms with Gasteiger partial charge in [-0.05, 0) is 88.0 Å². The summed E-state index contributed by atoms with van der Waals surface area (Å²) in [4.78, 5) is 39.1. The first-order valence-corrected chi connectivity index (χ1v) is 13.3. The summed E-state index contributed by atoms with van der Waals surface area (Å²) in [6.07, 6.45) is 1.59. The van der Waals surface area contributed by atoms with Gasteiger partial charge in [0, 0.05) is 15.3 Å². The van der Waals surface area contributed by atoms with Gasteiger partial charge in [-0.25, -0.2) is 0 Å². The van der Waals surface area contributed by atoms with Gasteiger partial charge in [0.1, 0.15) is 13.2 Å². The molecule has 3 aromatic rings. The number of hydrogen-bond acceptors (Lipinski definition) is 8. The van der Waals surface area contributed by atoms with Crippen LogP contribution >= 0.6 is 34.4 Å². The Bertz CT molecular complexity index is 1440. The van der Waals surface area contributed by atoms with Gasteiger partial charge < -0.3 is 24.3 Å². The van der Waals surface area contributed by atoms with E-state index in [2.05, 4.69) is 27.9 Å². The van der Waals surface area contributed by atoms with E-state index >= 15 is 0 Å². The maximum atomic E-state index is 12.9. The van der Waals surface area contributed by atoms with Gasteiger partial charge >= 0.3 is 0 Å². The minimum atomic E-state index is -0.543. The summed E-state index contributed by atoms with van der Waals surface area (Å²) in [5.74, 6) is 1.09. The smallest absolute Gasteiger partial charge is 0.294 e. The summed E-state index contributed by atoms with van der Waals surface area (Å²) >= 11 is 3.02. The van der Waals surface area contributed by atoms with Crippen LogP contribution < -0.4 is 24.3 Å². The Morgan fingerprint density at radius 1 is 1.05 bits per heavy atom. The zero-order chi connectivity index (χ0) is 26.6. The third kappa shape index (κ3) is 5.89. The molecule has 1 N–H and O–H groups in total. The van der Waals surface area contributed by atoms with Crippen molar-refractivity contribution >= 4 is 63.2 Å². The molecule has 1 fully saturated rings. The van der Waals surface area contributed by atoms with Gasteiger partial charge in [0.2, 0.25) is 12.7 Å². The van der Waals surface area contributed by atoms with E-state index in [1.54, 1.807) is 42.5 Å². The highest BCUT2D eigenvalue weighted by molar-refractivity contribution is 14.1. The van der Waals surface area contributed by atoms with Crippen molar-refractivity contribution in [1.29, 1.82) is 0 Å². The molecule has 3 amide bonds. The van der Waals surface area contributed by atoms with Gasteiger partial charge in [0.15, 0.2) is 23.0 Å². The number of nitrogens with one attached hydrogen (secondary N) is 1. The normalized spacial score (nSPS) is 15.2. The summed E-state index contributed by atoms with van der Waals surface area (Å²) < 4.78 is 23.1. The Morgan fingerprint density at radius 2 is 1.84 bits per heavy atom. The molecule has 11 heteroatoms. The number of hydrogen-bond donors (Lipinski definition) is 1. The molecule has 2 aliphatic rings. The van der Waals surface area contributed by atoms with E-state index in [9.17, 15) is 14.4 Å². The highest BCUT2D eigenvalue weighted by Crippen LogP contribution is 2.36. The van der Waals surface area contributed by atoms with Crippen molar-refractivity contribution in [2.75, 3.05) is 25.8 Å². The molecule has 0 bridgehead atoms. The Balaban J connectivity index is 1.23. The third-order valence-electron chi connectivity index (χ3n) is 5.62. The second kappa shape index (κ2) is 11.4. The molecule has 0 atom stereocenters. The molecule has 3 aromatic carbocycles. The Morgan fingerprint density at radius 3 is 2.63 bits per heavy atom. The lowest BCUT2D eigenvalue weighted by molar-refractivity contribution is -0.127. The van der Waals surface area contributed by atoms with Gasteiger partial charge in [0.25, 0.3) is 11.1 Å². The molecular formula is C27H21IN2O7S. The molecule has 0 unspecified atom stereocenters. The SMILES string of the molecule is COc1cc(/C=C2\SC(=O)N(CC(=O)Nc3ccc4c(c3)OCO4)C2=O)ccc1OCc1ccc(I)cc1. The van der Waals surface area contributed by atoms with Gasteiger partial charge in [-0.1, -0.05) is 18.2 Å². The fourth-order valence-corrected chi connectivity index (χ4v) is 4.94. The fraction of sp³-hybridized carbons (Fsp3) is 0.148. The number of methoxy groups -OCH3 is 1. The standard InChI is InChI=1S/C27H21IN2O7S/c1-34-22-10-17(4-8-20(22)35-14-16-2-5-18(28)6-3-16)11-24-26(32)30(27(33)38-24)13-25(31)29-19-7-9-21-23(12-19)37-15-36-21/h2-12H,13-15H2,1H3,(H,29,31)/b24-11-. The van der Waals surface area contributed by atoms with E-state index in [0.717, 1.165) is 25.8 Å². The molecule has 194 valence electrons. The van der Waals surface area contributed by atoms with E-state index in [0.29, 0.717) is 40.9 Å². The molecule has 5 rings (SSSR count). The van der Waals surface area contributed by atoms with Crippen LogP contribution in [0.4, 0.5) is 10.5 Å². The van der Waals surface area contributed by atoms with Crippen molar-refractivity contribution < 1.29 is 33.3 Å². The van der Waals surface area contributed by atoms with Crippen molar-refractivity contribution in [2.24, 2.45) is 0 Å². The third-order valence-corrected chi connectivity index (χ3v) is 7.25. The predicted molar refractivity (Wildman–Crippen MR) is 150 cm³/mol. The molecule has 2 aliphatic heterocycles. The lowest BCUT2D eigenvalue weighted by Crippen LogP contribution is -2.36. The van der Waals surface area contributed by atoms with E-state index in [-0.39, 0.29) is 11.7 Å². The second-order valence-corrected chi connectivity index (χ2v) is 10.4. The van der Waals surface area contributed by atoms with Crippen LogP contribution in [0.25, 0.3) is 6.08 Å². The number of imide groups is 1. The van der Waals surface area contributed by atoms with E-state index in [1.165, 1.54) is 7.11 Å². The van der Waals surface area contributed by atoms with Gasteiger partial charge in [-0.3, -0.25) is 19.3 Å². The maximum Gasteiger partial charge on any atom is 0.294 e. The molecule has 0 saturated carbocycles. The number of benzene rings is 3. The molecule has 0 radical (unpaired) electrons. The molecule has 38 heavy (non-hydrogen) atoms. The topological polar surface area (TPSA) is 103 Å². The Kier molecular flexibility index (Phi) is 7.74. The van der Waals surface area contributed by atoms with E-state index in [4.69, 9.17) is 18.9 Å². The molecule has 1 saturated heterocycles. The number of nitrogens with zero attached hydrogens (tertiary/aromatic N) is 1. The average Bonchev–Trinajstić information content (AvgIpc) is 3.48. The van der Waals surface area contributed by atoms with Crippen LogP contribution in [0.15, 0.2) is 65.6 Å². The number of anilines is 1. The molecule has 0 aromatic heterocycles. The monoisotopic (exact) mass is 644 g/mol. The summed E-state index contributed by atoms with van der Waals surface area (Å²) in [6.45, 7) is 0.0790. The maximum absolute atomic E-state index is 12.9. The number of carbonyl (C=O) groups excluding carboxylic acids is 3.